The molecule has 0 aliphatic heterocycles. The fourth-order valence-electron chi connectivity index (χ4n) is 1.66. The molecule has 0 N–H and O–H groups in total. The summed E-state index contributed by atoms with van der Waals surface area (Å²) in [5, 5.41) is 0.724. The lowest BCUT2D eigenvalue weighted by atomic mass is 10.4. The molecule has 0 bridgehead atoms. The minimum Gasteiger partial charge on any atom is -0.224 e. The Morgan fingerprint density at radius 1 is 1.43 bits per heavy atom. The van der Waals surface area contributed by atoms with Crippen molar-refractivity contribution in [2.24, 2.45) is 0 Å². The van der Waals surface area contributed by atoms with Gasteiger partial charge in [0.1, 0.15) is 11.5 Å². The molecule has 2 aromatic heterocycles. The summed E-state index contributed by atoms with van der Waals surface area (Å²) in [5.74, 6) is 0. The molecule has 2 heterocycles. The lowest BCUT2D eigenvalue weighted by Crippen LogP contribution is -2.15. The summed E-state index contributed by atoms with van der Waals surface area (Å²) in [6, 6.07) is 1.64. The van der Waals surface area contributed by atoms with Crippen LogP contribution in [0.3, 0.4) is 0 Å². The van der Waals surface area contributed by atoms with E-state index in [1.54, 1.807) is 24.3 Å². The molecule has 2 aromatic rings. The van der Waals surface area contributed by atoms with Crippen molar-refractivity contribution in [3.8, 4) is 0 Å². The van der Waals surface area contributed by atoms with Crippen molar-refractivity contribution >= 4 is 55.2 Å². The second-order valence-electron chi connectivity index (χ2n) is 4.04. The van der Waals surface area contributed by atoms with E-state index in [0.717, 1.165) is 3.97 Å². The number of hydrogen-bond acceptors (Lipinski definition) is 4. The first-order valence-electron chi connectivity index (χ1n) is 5.78. The van der Waals surface area contributed by atoms with Gasteiger partial charge in [-0.15, -0.1) is 0 Å². The van der Waals surface area contributed by atoms with E-state index in [1.165, 1.54) is 19.3 Å². The van der Waals surface area contributed by atoms with Crippen molar-refractivity contribution in [2.75, 3.05) is 0 Å². The SMILES string of the molecule is C=C/C=C\C=C(/C)S(=O)(=O)n1c(I)cc2c(Cl)ncnc21. The highest BCUT2D eigenvalue weighted by atomic mass is 127. The molecule has 5 nitrogen and oxygen atoms in total. The number of allylic oxidation sites excluding steroid dienone is 5. The maximum atomic E-state index is 12.7. The molecular weight excluding hydrogens is 425 g/mol. The van der Waals surface area contributed by atoms with Crippen LogP contribution in [-0.2, 0) is 10.0 Å². The average molecular weight is 436 g/mol. The van der Waals surface area contributed by atoms with E-state index < -0.39 is 10.0 Å². The van der Waals surface area contributed by atoms with Crippen molar-refractivity contribution in [2.45, 2.75) is 6.92 Å². The van der Waals surface area contributed by atoms with E-state index in [9.17, 15) is 8.42 Å². The van der Waals surface area contributed by atoms with E-state index >= 15 is 0 Å². The number of rotatable bonds is 4. The Labute approximate surface area is 141 Å². The maximum absolute atomic E-state index is 12.7. The number of halogens is 2. The summed E-state index contributed by atoms with van der Waals surface area (Å²) >= 11 is 7.90. The second kappa shape index (κ2) is 6.29. The van der Waals surface area contributed by atoms with Crippen molar-refractivity contribution in [3.63, 3.8) is 0 Å². The Bertz CT molecular complexity index is 869. The number of aromatic nitrogens is 3. The zero-order valence-electron chi connectivity index (χ0n) is 11.0. The van der Waals surface area contributed by atoms with Gasteiger partial charge in [-0.1, -0.05) is 36.4 Å². The molecule has 2 rings (SSSR count). The summed E-state index contributed by atoms with van der Waals surface area (Å²) in [7, 11) is -3.71. The van der Waals surface area contributed by atoms with Gasteiger partial charge < -0.3 is 0 Å². The van der Waals surface area contributed by atoms with Gasteiger partial charge in [-0.3, -0.25) is 0 Å². The van der Waals surface area contributed by atoms with Crippen LogP contribution in [0, 0.1) is 3.70 Å². The van der Waals surface area contributed by atoms with Crippen molar-refractivity contribution in [1.82, 2.24) is 13.9 Å². The lowest BCUT2D eigenvalue weighted by molar-refractivity contribution is 0.594. The molecule has 0 amide bonds. The molecule has 0 aliphatic carbocycles. The Morgan fingerprint density at radius 3 is 2.81 bits per heavy atom. The minimum absolute atomic E-state index is 0.186. The molecule has 8 heteroatoms. The largest absolute Gasteiger partial charge is 0.266 e. The van der Waals surface area contributed by atoms with Gasteiger partial charge in [0.15, 0.2) is 5.65 Å². The van der Waals surface area contributed by atoms with Crippen molar-refractivity contribution < 1.29 is 8.42 Å². The molecule has 0 saturated heterocycles. The van der Waals surface area contributed by atoms with Crippen molar-refractivity contribution in [1.29, 1.82) is 0 Å². The van der Waals surface area contributed by atoms with Crippen LogP contribution in [0.15, 0.2) is 48.2 Å². The van der Waals surface area contributed by atoms with Gasteiger partial charge >= 0.3 is 0 Å². The first-order valence-corrected chi connectivity index (χ1v) is 8.68. The zero-order valence-corrected chi connectivity index (χ0v) is 14.7. The van der Waals surface area contributed by atoms with Crippen LogP contribution in [0.4, 0.5) is 0 Å². The second-order valence-corrected chi connectivity index (χ2v) is 7.46. The molecule has 0 fully saturated rings. The first-order chi connectivity index (χ1) is 9.89. The number of fused-ring (bicyclic) bond motifs is 1. The summed E-state index contributed by atoms with van der Waals surface area (Å²) in [4.78, 5) is 8.07. The van der Waals surface area contributed by atoms with E-state index in [1.807, 2.05) is 22.6 Å². The Hall–Kier alpha value is -1.19. The van der Waals surface area contributed by atoms with E-state index in [-0.39, 0.29) is 15.7 Å². The third kappa shape index (κ3) is 3.04. The quantitative estimate of drug-likeness (QED) is 0.419. The van der Waals surface area contributed by atoms with Gasteiger partial charge in [0.2, 0.25) is 0 Å². The third-order valence-electron chi connectivity index (χ3n) is 2.69. The van der Waals surface area contributed by atoms with E-state index in [2.05, 4.69) is 16.5 Å². The molecule has 0 aromatic carbocycles. The Balaban J connectivity index is 2.68. The van der Waals surface area contributed by atoms with Crippen molar-refractivity contribution in [3.05, 3.63) is 57.0 Å². The van der Waals surface area contributed by atoms with Crippen LogP contribution in [-0.4, -0.2) is 22.4 Å². The van der Waals surface area contributed by atoms with Gasteiger partial charge in [0.05, 0.1) is 14.0 Å². The van der Waals surface area contributed by atoms with E-state index in [4.69, 9.17) is 11.6 Å². The third-order valence-corrected chi connectivity index (χ3v) is 5.91. The highest BCUT2D eigenvalue weighted by Gasteiger charge is 2.23. The van der Waals surface area contributed by atoms with Crippen LogP contribution < -0.4 is 0 Å². The standard InChI is InChI=1S/C13H11ClIN3O2S/c1-3-4-5-6-9(2)21(19,20)18-11(15)7-10-12(14)16-8-17-13(10)18/h3-8H,1H2,2H3/b5-4-,9-6+. The van der Waals surface area contributed by atoms with Crippen LogP contribution in [0.25, 0.3) is 11.0 Å². The van der Waals surface area contributed by atoms with Crippen LogP contribution in [0.5, 0.6) is 0 Å². The number of hydrogen-bond donors (Lipinski definition) is 0. The first kappa shape index (κ1) is 16.2. The normalized spacial score (nSPS) is 13.2. The molecule has 0 radical (unpaired) electrons. The molecule has 21 heavy (non-hydrogen) atoms. The van der Waals surface area contributed by atoms with Gasteiger partial charge in [0, 0.05) is 0 Å². The molecule has 0 spiro atoms. The van der Waals surface area contributed by atoms with E-state index in [0.29, 0.717) is 9.09 Å². The summed E-state index contributed by atoms with van der Waals surface area (Å²) < 4.78 is 27.0. The monoisotopic (exact) mass is 435 g/mol. The van der Waals surface area contributed by atoms with Gasteiger partial charge in [-0.2, -0.15) is 0 Å². The summed E-state index contributed by atoms with van der Waals surface area (Å²) in [6.45, 7) is 5.05. The van der Waals surface area contributed by atoms with Gasteiger partial charge in [-0.05, 0) is 41.7 Å². The maximum Gasteiger partial charge on any atom is 0.266 e. The molecule has 0 aliphatic rings. The Kier molecular flexibility index (Phi) is 4.84. The van der Waals surface area contributed by atoms with Gasteiger partial charge in [-0.25, -0.2) is 22.4 Å². The average Bonchev–Trinajstić information content (AvgIpc) is 2.77. The highest BCUT2D eigenvalue weighted by Crippen LogP contribution is 2.28. The smallest absolute Gasteiger partial charge is 0.224 e. The van der Waals surface area contributed by atoms with Crippen LogP contribution in [0.2, 0.25) is 5.15 Å². The molecule has 0 atom stereocenters. The fourth-order valence-corrected chi connectivity index (χ4v) is 4.35. The van der Waals surface area contributed by atoms with Crippen LogP contribution >= 0.6 is 34.2 Å². The highest BCUT2D eigenvalue weighted by molar-refractivity contribution is 14.1. The minimum atomic E-state index is -3.71. The molecule has 0 saturated carbocycles. The molecular formula is C13H11ClIN3O2S. The predicted octanol–water partition coefficient (Wildman–Crippen LogP) is 3.51. The molecule has 110 valence electrons. The topological polar surface area (TPSA) is 64.8 Å². The van der Waals surface area contributed by atoms with Crippen LogP contribution in [0.1, 0.15) is 6.92 Å². The fraction of sp³-hybridized carbons (Fsp3) is 0.0769. The lowest BCUT2D eigenvalue weighted by Gasteiger charge is -2.08. The number of nitrogens with zero attached hydrogens (tertiary/aromatic N) is 3. The molecule has 0 unspecified atom stereocenters. The summed E-state index contributed by atoms with van der Waals surface area (Å²) in [5.41, 5.74) is 0.264. The predicted molar refractivity (Wildman–Crippen MR) is 92.7 cm³/mol. The summed E-state index contributed by atoms with van der Waals surface area (Å²) in [6.07, 6.45) is 7.57. The zero-order chi connectivity index (χ0) is 15.6. The Morgan fingerprint density at radius 2 is 2.14 bits per heavy atom. The van der Waals surface area contributed by atoms with Gasteiger partial charge in [0.25, 0.3) is 10.0 Å².